The van der Waals surface area contributed by atoms with Crippen LogP contribution in [0.25, 0.3) is 0 Å². The highest BCUT2D eigenvalue weighted by Gasteiger charge is 2.57. The predicted molar refractivity (Wildman–Crippen MR) is 118 cm³/mol. The molecule has 2 aromatic carbocycles. The summed E-state index contributed by atoms with van der Waals surface area (Å²) in [6.07, 6.45) is 1.54. The number of rotatable bonds is 8. The number of carbonyl (C=O) groups is 3. The number of benzene rings is 2. The maximum absolute atomic E-state index is 13.8. The zero-order valence-electron chi connectivity index (χ0n) is 18.2. The quantitative estimate of drug-likeness (QED) is 0.434. The Morgan fingerprint density at radius 2 is 1.74 bits per heavy atom. The maximum Gasteiger partial charge on any atom is 0.258 e. The zero-order valence-corrected chi connectivity index (χ0v) is 18.9. The summed E-state index contributed by atoms with van der Waals surface area (Å²) >= 11 is 5.61. The third-order valence-electron chi connectivity index (χ3n) is 6.19. The van der Waals surface area contributed by atoms with Crippen molar-refractivity contribution in [3.05, 3.63) is 58.4 Å². The summed E-state index contributed by atoms with van der Waals surface area (Å²) in [6.45, 7) is -1.24. The van der Waals surface area contributed by atoms with Crippen LogP contribution >= 0.6 is 11.6 Å². The fourth-order valence-corrected chi connectivity index (χ4v) is 4.72. The summed E-state index contributed by atoms with van der Waals surface area (Å²) in [5.41, 5.74) is -1.21. The van der Waals surface area contributed by atoms with Gasteiger partial charge in [0.15, 0.2) is 18.2 Å². The molecule has 3 aliphatic rings. The van der Waals surface area contributed by atoms with E-state index in [1.165, 1.54) is 12.1 Å². The standard InChI is InChI=1S/C23H21ClF3N3O5/c24-14-2-1-12(3-15(14)25)35-10-21(33)29-19-8-23(6-11(19)7-23)30-22(34)13-4-16(26)17(27)5-18(13)28-20(32)9-31/h1-5,11,19,31H,6-10H2,(H,28,32)(H,29,33)(H,30,34)/t11?,19-,23?/m0/s1. The largest absolute Gasteiger partial charge is 0.484 e. The van der Waals surface area contributed by atoms with Gasteiger partial charge in [-0.05, 0) is 43.4 Å². The summed E-state index contributed by atoms with van der Waals surface area (Å²) in [4.78, 5) is 36.7. The van der Waals surface area contributed by atoms with Crippen molar-refractivity contribution in [1.29, 1.82) is 0 Å². The van der Waals surface area contributed by atoms with Crippen LogP contribution in [0, 0.1) is 23.4 Å². The molecule has 0 radical (unpaired) electrons. The number of hydrogen-bond donors (Lipinski definition) is 4. The van der Waals surface area contributed by atoms with Crippen LogP contribution < -0.4 is 20.7 Å². The fourth-order valence-electron chi connectivity index (χ4n) is 4.60. The molecule has 0 unspecified atom stereocenters. The lowest BCUT2D eigenvalue weighted by molar-refractivity contribution is -0.124. The highest BCUT2D eigenvalue weighted by molar-refractivity contribution is 6.30. The predicted octanol–water partition coefficient (Wildman–Crippen LogP) is 2.53. The van der Waals surface area contributed by atoms with Gasteiger partial charge in [-0.2, -0.15) is 0 Å². The molecule has 0 aromatic heterocycles. The Bertz CT molecular complexity index is 1190. The van der Waals surface area contributed by atoms with Crippen LogP contribution in [-0.4, -0.2) is 47.6 Å². The lowest BCUT2D eigenvalue weighted by Crippen LogP contribution is -2.52. The molecule has 5 rings (SSSR count). The summed E-state index contributed by atoms with van der Waals surface area (Å²) in [5, 5.41) is 16.7. The molecule has 1 atom stereocenters. The normalized spacial score (nSPS) is 22.2. The van der Waals surface area contributed by atoms with E-state index < -0.39 is 47.3 Å². The molecule has 3 aliphatic carbocycles. The number of anilines is 1. The van der Waals surface area contributed by atoms with Crippen LogP contribution in [-0.2, 0) is 9.59 Å². The van der Waals surface area contributed by atoms with E-state index in [0.717, 1.165) is 6.07 Å². The monoisotopic (exact) mass is 511 g/mol. The molecule has 12 heteroatoms. The number of carbonyl (C=O) groups excluding carboxylic acids is 3. The van der Waals surface area contributed by atoms with Crippen molar-refractivity contribution in [2.45, 2.75) is 30.8 Å². The van der Waals surface area contributed by atoms with Gasteiger partial charge in [0.1, 0.15) is 18.2 Å². The van der Waals surface area contributed by atoms with Crippen molar-refractivity contribution in [2.24, 2.45) is 5.92 Å². The lowest BCUT2D eigenvalue weighted by atomic mass is 9.76. The van der Waals surface area contributed by atoms with Crippen LogP contribution in [0.4, 0.5) is 18.9 Å². The first kappa shape index (κ1) is 24.8. The first-order valence-corrected chi connectivity index (χ1v) is 11.1. The van der Waals surface area contributed by atoms with Crippen molar-refractivity contribution in [1.82, 2.24) is 10.6 Å². The number of ether oxygens (including phenoxy) is 1. The average molecular weight is 512 g/mol. The molecular weight excluding hydrogens is 491 g/mol. The molecule has 2 bridgehead atoms. The van der Waals surface area contributed by atoms with Crippen LogP contribution in [0.3, 0.4) is 0 Å². The highest BCUT2D eigenvalue weighted by Crippen LogP contribution is 2.52. The summed E-state index contributed by atoms with van der Waals surface area (Å²) in [6, 6.07) is 4.93. The van der Waals surface area contributed by atoms with E-state index in [4.69, 9.17) is 21.4 Å². The summed E-state index contributed by atoms with van der Waals surface area (Å²) in [5.74, 6) is -4.98. The topological polar surface area (TPSA) is 117 Å². The summed E-state index contributed by atoms with van der Waals surface area (Å²) < 4.78 is 46.2. The summed E-state index contributed by atoms with van der Waals surface area (Å²) in [7, 11) is 0. The molecule has 0 spiro atoms. The van der Waals surface area contributed by atoms with Crippen LogP contribution in [0.1, 0.15) is 29.6 Å². The molecule has 8 nitrogen and oxygen atoms in total. The van der Waals surface area contributed by atoms with Gasteiger partial charge in [0, 0.05) is 23.7 Å². The van der Waals surface area contributed by atoms with Crippen molar-refractivity contribution in [3.8, 4) is 5.75 Å². The van der Waals surface area contributed by atoms with E-state index in [2.05, 4.69) is 16.0 Å². The van der Waals surface area contributed by atoms with E-state index in [-0.39, 0.29) is 40.6 Å². The molecule has 0 aliphatic heterocycles. The number of fused-ring (bicyclic) bond motifs is 1. The maximum atomic E-state index is 13.8. The van der Waals surface area contributed by atoms with Gasteiger partial charge in [-0.3, -0.25) is 14.4 Å². The molecule has 186 valence electrons. The third-order valence-corrected chi connectivity index (χ3v) is 6.50. The number of hydrogen-bond acceptors (Lipinski definition) is 5. The van der Waals surface area contributed by atoms with E-state index in [1.807, 2.05) is 0 Å². The van der Waals surface area contributed by atoms with Crippen molar-refractivity contribution in [2.75, 3.05) is 18.5 Å². The minimum Gasteiger partial charge on any atom is -0.484 e. The van der Waals surface area contributed by atoms with Crippen molar-refractivity contribution >= 4 is 35.0 Å². The van der Waals surface area contributed by atoms with Gasteiger partial charge in [0.2, 0.25) is 5.91 Å². The van der Waals surface area contributed by atoms with Gasteiger partial charge in [0.05, 0.1) is 16.3 Å². The van der Waals surface area contributed by atoms with Gasteiger partial charge in [0.25, 0.3) is 11.8 Å². The molecule has 35 heavy (non-hydrogen) atoms. The minimum atomic E-state index is -1.27. The molecule has 3 fully saturated rings. The second-order valence-corrected chi connectivity index (χ2v) is 9.07. The molecule has 0 heterocycles. The van der Waals surface area contributed by atoms with Gasteiger partial charge in [-0.25, -0.2) is 13.2 Å². The Morgan fingerprint density at radius 3 is 2.43 bits per heavy atom. The third kappa shape index (κ3) is 5.35. The van der Waals surface area contributed by atoms with E-state index in [9.17, 15) is 27.6 Å². The van der Waals surface area contributed by atoms with Crippen LogP contribution in [0.15, 0.2) is 30.3 Å². The van der Waals surface area contributed by atoms with E-state index in [1.54, 1.807) is 0 Å². The van der Waals surface area contributed by atoms with Crippen molar-refractivity contribution in [3.63, 3.8) is 0 Å². The first-order valence-electron chi connectivity index (χ1n) is 10.7. The van der Waals surface area contributed by atoms with Gasteiger partial charge < -0.3 is 25.8 Å². The number of aliphatic hydroxyl groups excluding tert-OH is 1. The van der Waals surface area contributed by atoms with Crippen LogP contribution in [0.2, 0.25) is 5.02 Å². The minimum absolute atomic E-state index is 0.0637. The Hall–Kier alpha value is -3.31. The second-order valence-electron chi connectivity index (χ2n) is 8.66. The fraction of sp³-hybridized carbons (Fsp3) is 0.348. The SMILES string of the molecule is O=C(CO)Nc1cc(F)c(F)cc1C(=O)NC12CC(C1)[C@@H](NC(=O)COc1ccc(Cl)c(F)c1)C2. The molecule has 4 N–H and O–H groups in total. The zero-order chi connectivity index (χ0) is 25.3. The number of aliphatic hydroxyl groups is 1. The molecule has 3 saturated carbocycles. The lowest BCUT2D eigenvalue weighted by Gasteiger charge is -2.39. The number of nitrogens with one attached hydrogen (secondary N) is 3. The Kier molecular flexibility index (Phi) is 6.91. The number of amides is 3. The Balaban J connectivity index is 1.35. The van der Waals surface area contributed by atoms with E-state index in [0.29, 0.717) is 31.4 Å². The Morgan fingerprint density at radius 1 is 1.03 bits per heavy atom. The Labute approximate surface area is 202 Å². The molecular formula is C23H21ClF3N3O5. The number of halogens is 4. The van der Waals surface area contributed by atoms with Gasteiger partial charge in [-0.15, -0.1) is 0 Å². The molecule has 2 aromatic rings. The molecule has 0 saturated heterocycles. The van der Waals surface area contributed by atoms with E-state index >= 15 is 0 Å². The van der Waals surface area contributed by atoms with Crippen LogP contribution in [0.5, 0.6) is 5.75 Å². The first-order chi connectivity index (χ1) is 16.6. The second kappa shape index (κ2) is 9.74. The highest BCUT2D eigenvalue weighted by atomic mass is 35.5. The van der Waals surface area contributed by atoms with Crippen molar-refractivity contribution < 1.29 is 37.4 Å². The van der Waals surface area contributed by atoms with Gasteiger partial charge in [-0.1, -0.05) is 11.6 Å². The molecule has 3 amide bonds. The van der Waals surface area contributed by atoms with Gasteiger partial charge >= 0.3 is 0 Å². The smallest absolute Gasteiger partial charge is 0.258 e. The average Bonchev–Trinajstić information content (AvgIpc) is 3.30.